The molecule has 0 saturated heterocycles. The highest BCUT2D eigenvalue weighted by Crippen LogP contribution is 2.13. The monoisotopic (exact) mass is 259 g/mol. The summed E-state index contributed by atoms with van der Waals surface area (Å²) in [4.78, 5) is 22.0. The molecule has 0 spiro atoms. The number of carboxylic acids is 1. The Morgan fingerprint density at radius 1 is 1.35 bits per heavy atom. The van der Waals surface area contributed by atoms with Crippen LogP contribution in [0.2, 0.25) is 0 Å². The van der Waals surface area contributed by atoms with E-state index in [1.807, 2.05) is 0 Å². The number of Topliss-reactive ketones (excluding diaryl/α,β-unsaturated/α-hetero) is 1. The predicted molar refractivity (Wildman–Crippen MR) is 64.8 cm³/mol. The number of nitrogens with two attached hydrogens (primary N) is 1. The molecule has 0 radical (unpaired) electrons. The molecule has 0 aliphatic rings. The Hall–Kier alpha value is -1.59. The van der Waals surface area contributed by atoms with E-state index in [4.69, 9.17) is 15.6 Å². The quantitative estimate of drug-likeness (QED) is 0.773. The zero-order valence-corrected chi connectivity index (χ0v) is 10.1. The first kappa shape index (κ1) is 15.4. The van der Waals surface area contributed by atoms with Crippen LogP contribution in [0.1, 0.15) is 16.8 Å². The molecule has 1 rings (SSSR count). The fourth-order valence-electron chi connectivity index (χ4n) is 1.18. The largest absolute Gasteiger partial charge is 0.497 e. The first-order chi connectivity index (χ1) is 7.54. The first-order valence-corrected chi connectivity index (χ1v) is 4.70. The van der Waals surface area contributed by atoms with Gasteiger partial charge in [-0.05, 0) is 24.3 Å². The minimum atomic E-state index is -1.18. The van der Waals surface area contributed by atoms with Gasteiger partial charge in [-0.2, -0.15) is 0 Å². The van der Waals surface area contributed by atoms with Crippen molar-refractivity contribution in [3.8, 4) is 5.75 Å². The van der Waals surface area contributed by atoms with Gasteiger partial charge in [-0.15, -0.1) is 12.4 Å². The zero-order valence-electron chi connectivity index (χ0n) is 9.25. The molecule has 0 aromatic heterocycles. The second kappa shape index (κ2) is 6.88. The Morgan fingerprint density at radius 3 is 2.29 bits per heavy atom. The van der Waals surface area contributed by atoms with Crippen LogP contribution in [0.15, 0.2) is 24.3 Å². The molecular formula is C11H14ClNO4. The Labute approximate surface area is 105 Å². The van der Waals surface area contributed by atoms with Gasteiger partial charge >= 0.3 is 5.97 Å². The topological polar surface area (TPSA) is 89.6 Å². The van der Waals surface area contributed by atoms with Gasteiger partial charge in [0.1, 0.15) is 11.8 Å². The van der Waals surface area contributed by atoms with Crippen LogP contribution in [0, 0.1) is 0 Å². The first-order valence-electron chi connectivity index (χ1n) is 4.70. The highest BCUT2D eigenvalue weighted by atomic mass is 35.5. The molecular weight excluding hydrogens is 246 g/mol. The van der Waals surface area contributed by atoms with E-state index in [0.717, 1.165) is 0 Å². The summed E-state index contributed by atoms with van der Waals surface area (Å²) in [5.74, 6) is -0.835. The van der Waals surface area contributed by atoms with E-state index in [1.54, 1.807) is 24.3 Å². The van der Waals surface area contributed by atoms with Crippen molar-refractivity contribution < 1.29 is 19.4 Å². The number of rotatable bonds is 5. The average Bonchev–Trinajstić information content (AvgIpc) is 2.28. The molecule has 5 nitrogen and oxygen atoms in total. The highest BCUT2D eigenvalue weighted by Gasteiger charge is 2.17. The number of carbonyl (C=O) groups excluding carboxylic acids is 1. The fraction of sp³-hybridized carbons (Fsp3) is 0.273. The maximum Gasteiger partial charge on any atom is 0.320 e. The lowest BCUT2D eigenvalue weighted by atomic mass is 10.0. The van der Waals surface area contributed by atoms with Crippen LogP contribution in [-0.4, -0.2) is 30.0 Å². The SMILES string of the molecule is COc1ccc(C(=O)CC(N)C(=O)O)cc1.Cl. The molecule has 1 aromatic rings. The Kier molecular flexibility index (Phi) is 6.23. The van der Waals surface area contributed by atoms with Gasteiger partial charge in [-0.1, -0.05) is 0 Å². The molecule has 0 amide bonds. The Balaban J connectivity index is 0.00000256. The third-order valence-corrected chi connectivity index (χ3v) is 2.13. The van der Waals surface area contributed by atoms with Gasteiger partial charge in [0, 0.05) is 12.0 Å². The Morgan fingerprint density at radius 2 is 1.88 bits per heavy atom. The molecule has 0 aliphatic heterocycles. The van der Waals surface area contributed by atoms with E-state index < -0.39 is 12.0 Å². The number of hydrogen-bond donors (Lipinski definition) is 2. The van der Waals surface area contributed by atoms with Crippen molar-refractivity contribution in [2.75, 3.05) is 7.11 Å². The van der Waals surface area contributed by atoms with Crippen LogP contribution in [0.4, 0.5) is 0 Å². The summed E-state index contributed by atoms with van der Waals surface area (Å²) in [6.45, 7) is 0. The van der Waals surface area contributed by atoms with E-state index in [2.05, 4.69) is 0 Å². The third kappa shape index (κ3) is 4.42. The van der Waals surface area contributed by atoms with Crippen molar-refractivity contribution in [3.05, 3.63) is 29.8 Å². The number of ether oxygens (including phenoxy) is 1. The number of halogens is 1. The zero-order chi connectivity index (χ0) is 12.1. The van der Waals surface area contributed by atoms with Crippen molar-refractivity contribution in [2.24, 2.45) is 5.73 Å². The van der Waals surface area contributed by atoms with Crippen LogP contribution < -0.4 is 10.5 Å². The molecule has 1 unspecified atom stereocenters. The normalized spacial score (nSPS) is 11.2. The molecule has 0 fully saturated rings. The van der Waals surface area contributed by atoms with E-state index in [1.165, 1.54) is 7.11 Å². The van der Waals surface area contributed by atoms with Crippen molar-refractivity contribution in [1.29, 1.82) is 0 Å². The van der Waals surface area contributed by atoms with Crippen molar-refractivity contribution >= 4 is 24.2 Å². The lowest BCUT2D eigenvalue weighted by Crippen LogP contribution is -2.32. The summed E-state index contributed by atoms with van der Waals surface area (Å²) in [5.41, 5.74) is 5.69. The lowest BCUT2D eigenvalue weighted by molar-refractivity contribution is -0.138. The maximum atomic E-state index is 11.6. The second-order valence-electron chi connectivity index (χ2n) is 3.30. The van der Waals surface area contributed by atoms with Crippen LogP contribution >= 0.6 is 12.4 Å². The van der Waals surface area contributed by atoms with Gasteiger partial charge in [0.25, 0.3) is 0 Å². The smallest absolute Gasteiger partial charge is 0.320 e. The third-order valence-electron chi connectivity index (χ3n) is 2.13. The Bertz CT molecular complexity index is 391. The van der Waals surface area contributed by atoms with E-state index in [9.17, 15) is 9.59 Å². The molecule has 0 heterocycles. The van der Waals surface area contributed by atoms with Gasteiger partial charge in [-0.25, -0.2) is 0 Å². The minimum Gasteiger partial charge on any atom is -0.497 e. The summed E-state index contributed by atoms with van der Waals surface area (Å²) < 4.78 is 4.94. The predicted octanol–water partition coefficient (Wildman–Crippen LogP) is 1.10. The summed E-state index contributed by atoms with van der Waals surface area (Å²) in [6, 6.07) is 5.28. The number of ketones is 1. The van der Waals surface area contributed by atoms with Crippen molar-refractivity contribution in [1.82, 2.24) is 0 Å². The number of benzene rings is 1. The van der Waals surface area contributed by atoms with E-state index >= 15 is 0 Å². The molecule has 0 aliphatic carbocycles. The molecule has 17 heavy (non-hydrogen) atoms. The standard InChI is InChI=1S/C11H13NO4.ClH/c1-16-8-4-2-7(3-5-8)10(13)6-9(12)11(14)15;/h2-5,9H,6,12H2,1H3,(H,14,15);1H. The van der Waals surface area contributed by atoms with Crippen LogP contribution in [-0.2, 0) is 4.79 Å². The molecule has 0 saturated carbocycles. The van der Waals surface area contributed by atoms with E-state index in [-0.39, 0.29) is 24.6 Å². The summed E-state index contributed by atoms with van der Waals surface area (Å²) in [5, 5.41) is 8.56. The number of hydrogen-bond acceptors (Lipinski definition) is 4. The van der Waals surface area contributed by atoms with Gasteiger partial charge in [-0.3, -0.25) is 9.59 Å². The van der Waals surface area contributed by atoms with Crippen molar-refractivity contribution in [3.63, 3.8) is 0 Å². The molecule has 1 aromatic carbocycles. The molecule has 6 heteroatoms. The summed E-state index contributed by atoms with van der Waals surface area (Å²) >= 11 is 0. The summed E-state index contributed by atoms with van der Waals surface area (Å²) in [7, 11) is 1.52. The second-order valence-corrected chi connectivity index (χ2v) is 3.30. The number of methoxy groups -OCH3 is 1. The minimum absolute atomic E-state index is 0. The van der Waals surface area contributed by atoms with Crippen molar-refractivity contribution in [2.45, 2.75) is 12.5 Å². The fourth-order valence-corrected chi connectivity index (χ4v) is 1.18. The molecule has 3 N–H and O–H groups in total. The number of carbonyl (C=O) groups is 2. The van der Waals surface area contributed by atoms with Gasteiger partial charge < -0.3 is 15.6 Å². The lowest BCUT2D eigenvalue weighted by Gasteiger charge is -2.06. The molecule has 0 bridgehead atoms. The van der Waals surface area contributed by atoms with Gasteiger partial charge in [0.2, 0.25) is 0 Å². The number of carboxylic acid groups (broad SMARTS) is 1. The average molecular weight is 260 g/mol. The van der Waals surface area contributed by atoms with Crippen LogP contribution in [0.5, 0.6) is 5.75 Å². The molecule has 1 atom stereocenters. The van der Waals surface area contributed by atoms with Gasteiger partial charge in [0.05, 0.1) is 7.11 Å². The van der Waals surface area contributed by atoms with Crippen LogP contribution in [0.3, 0.4) is 0 Å². The maximum absolute atomic E-state index is 11.6. The molecule has 94 valence electrons. The van der Waals surface area contributed by atoms with Crippen LogP contribution in [0.25, 0.3) is 0 Å². The summed E-state index contributed by atoms with van der Waals surface area (Å²) in [6.07, 6.45) is -0.207. The number of aliphatic carboxylic acids is 1. The van der Waals surface area contributed by atoms with E-state index in [0.29, 0.717) is 11.3 Å². The van der Waals surface area contributed by atoms with Gasteiger partial charge in [0.15, 0.2) is 5.78 Å². The highest BCUT2D eigenvalue weighted by molar-refractivity contribution is 5.98.